The molecule has 0 aliphatic rings. The minimum absolute atomic E-state index is 0.0260. The average molecular weight is 544 g/mol. The number of benzene rings is 3. The Kier molecular flexibility index (Phi) is 8.18. The number of nitrogens with zero attached hydrogens (tertiary/aromatic N) is 3. The van der Waals surface area contributed by atoms with Crippen molar-refractivity contribution in [3.63, 3.8) is 0 Å². The zero-order valence-electron chi connectivity index (χ0n) is 22.5. The number of pyridine rings is 1. The van der Waals surface area contributed by atoms with E-state index in [0.29, 0.717) is 18.7 Å². The first-order valence-electron chi connectivity index (χ1n) is 13.2. The molecule has 3 aromatic carbocycles. The first kappa shape index (κ1) is 27.1. The van der Waals surface area contributed by atoms with E-state index in [1.54, 1.807) is 23.6 Å². The Labute approximate surface area is 232 Å². The standard InChI is InChI=1S/C31H34FN5OS/c1-31(2,3)35-12-13-37(14-15-38)19-21-4-7-24(26(32)16-21)22-5-8-27-25(17-22)28(10-11-33-27)36-23-6-9-30-29(18-23)34-20-39-30/h4-11,16-18,20,35,38H,12-15,19H2,1-3H3,(H,33,36). The molecule has 0 aliphatic heterocycles. The molecule has 202 valence electrons. The number of nitrogens with one attached hydrogen (secondary N) is 2. The van der Waals surface area contributed by atoms with Gasteiger partial charge in [0, 0.05) is 60.2 Å². The summed E-state index contributed by atoms with van der Waals surface area (Å²) in [6.07, 6.45) is 1.77. The van der Waals surface area contributed by atoms with Crippen LogP contribution in [0, 0.1) is 5.82 Å². The number of hydrogen-bond acceptors (Lipinski definition) is 7. The third-order valence-electron chi connectivity index (χ3n) is 6.60. The molecule has 0 saturated heterocycles. The van der Waals surface area contributed by atoms with Crippen LogP contribution in [0.2, 0.25) is 0 Å². The molecule has 8 heteroatoms. The van der Waals surface area contributed by atoms with E-state index in [4.69, 9.17) is 0 Å². The number of aliphatic hydroxyl groups excluding tert-OH is 1. The van der Waals surface area contributed by atoms with Gasteiger partial charge < -0.3 is 15.7 Å². The number of fused-ring (bicyclic) bond motifs is 2. The van der Waals surface area contributed by atoms with Crippen LogP contribution in [0.5, 0.6) is 0 Å². The maximum atomic E-state index is 15.4. The molecule has 0 radical (unpaired) electrons. The SMILES string of the molecule is CC(C)(C)NCCN(CCO)Cc1ccc(-c2ccc3nccc(Nc4ccc5scnc5c4)c3c2)c(F)c1. The molecule has 5 aromatic rings. The van der Waals surface area contributed by atoms with Gasteiger partial charge in [-0.25, -0.2) is 9.37 Å². The number of halogens is 1. The molecule has 0 spiro atoms. The van der Waals surface area contributed by atoms with E-state index >= 15 is 4.39 Å². The molecule has 0 amide bonds. The predicted octanol–water partition coefficient (Wildman–Crippen LogP) is 6.58. The van der Waals surface area contributed by atoms with E-state index in [9.17, 15) is 5.11 Å². The van der Waals surface area contributed by atoms with Gasteiger partial charge >= 0.3 is 0 Å². The molecular weight excluding hydrogens is 509 g/mol. The Balaban J connectivity index is 1.37. The Morgan fingerprint density at radius 1 is 0.949 bits per heavy atom. The molecule has 0 aliphatic carbocycles. The van der Waals surface area contributed by atoms with Crippen LogP contribution in [-0.4, -0.2) is 51.8 Å². The van der Waals surface area contributed by atoms with Crippen LogP contribution < -0.4 is 10.6 Å². The highest BCUT2D eigenvalue weighted by atomic mass is 32.1. The van der Waals surface area contributed by atoms with Crippen LogP contribution in [0.4, 0.5) is 15.8 Å². The number of thiazole rings is 1. The Bertz CT molecular complexity index is 1580. The Morgan fingerprint density at radius 3 is 2.62 bits per heavy atom. The van der Waals surface area contributed by atoms with Crippen molar-refractivity contribution in [3.05, 3.63) is 83.8 Å². The van der Waals surface area contributed by atoms with Gasteiger partial charge in [0.15, 0.2) is 0 Å². The van der Waals surface area contributed by atoms with Crippen LogP contribution >= 0.6 is 11.3 Å². The zero-order chi connectivity index (χ0) is 27.4. The number of aromatic nitrogens is 2. The molecule has 0 fully saturated rings. The molecular formula is C31H34FN5OS. The van der Waals surface area contributed by atoms with Crippen LogP contribution in [0.15, 0.2) is 72.4 Å². The zero-order valence-corrected chi connectivity index (χ0v) is 23.4. The topological polar surface area (TPSA) is 73.3 Å². The lowest BCUT2D eigenvalue weighted by atomic mass is 10.0. The lowest BCUT2D eigenvalue weighted by molar-refractivity contribution is 0.187. The number of aliphatic hydroxyl groups is 1. The van der Waals surface area contributed by atoms with E-state index in [1.165, 1.54) is 0 Å². The maximum absolute atomic E-state index is 15.4. The minimum atomic E-state index is -0.268. The summed E-state index contributed by atoms with van der Waals surface area (Å²) in [5.41, 5.74) is 7.70. The molecule has 0 unspecified atom stereocenters. The van der Waals surface area contributed by atoms with Crippen molar-refractivity contribution in [2.75, 3.05) is 31.6 Å². The molecule has 2 heterocycles. The molecule has 0 atom stereocenters. The summed E-state index contributed by atoms with van der Waals surface area (Å²) in [7, 11) is 0. The highest BCUT2D eigenvalue weighted by Crippen LogP contribution is 2.32. The molecule has 5 rings (SSSR count). The van der Waals surface area contributed by atoms with Crippen molar-refractivity contribution in [3.8, 4) is 11.1 Å². The fourth-order valence-corrected chi connectivity index (χ4v) is 5.32. The molecule has 39 heavy (non-hydrogen) atoms. The summed E-state index contributed by atoms with van der Waals surface area (Å²) in [6.45, 7) is 9.12. The highest BCUT2D eigenvalue weighted by Gasteiger charge is 2.13. The van der Waals surface area contributed by atoms with Crippen LogP contribution in [-0.2, 0) is 6.54 Å². The lowest BCUT2D eigenvalue weighted by Gasteiger charge is -2.26. The summed E-state index contributed by atoms with van der Waals surface area (Å²) in [5, 5.41) is 17.4. The summed E-state index contributed by atoms with van der Waals surface area (Å²) in [6, 6.07) is 19.3. The van der Waals surface area contributed by atoms with E-state index in [0.717, 1.165) is 56.7 Å². The number of anilines is 2. The third-order valence-corrected chi connectivity index (χ3v) is 7.41. The summed E-state index contributed by atoms with van der Waals surface area (Å²) in [5.74, 6) is -0.268. The predicted molar refractivity (Wildman–Crippen MR) is 160 cm³/mol. The van der Waals surface area contributed by atoms with Crippen LogP contribution in [0.25, 0.3) is 32.2 Å². The van der Waals surface area contributed by atoms with Gasteiger partial charge in [0.05, 0.1) is 27.9 Å². The minimum Gasteiger partial charge on any atom is -0.395 e. The van der Waals surface area contributed by atoms with Gasteiger partial charge in [0.25, 0.3) is 0 Å². The van der Waals surface area contributed by atoms with E-state index < -0.39 is 0 Å². The largest absolute Gasteiger partial charge is 0.395 e. The van der Waals surface area contributed by atoms with E-state index in [-0.39, 0.29) is 18.0 Å². The average Bonchev–Trinajstić information content (AvgIpc) is 3.36. The van der Waals surface area contributed by atoms with Crippen molar-refractivity contribution in [2.45, 2.75) is 32.9 Å². The van der Waals surface area contributed by atoms with Crippen LogP contribution in [0.3, 0.4) is 0 Å². The van der Waals surface area contributed by atoms with Gasteiger partial charge in [-0.2, -0.15) is 0 Å². The third kappa shape index (κ3) is 6.78. The van der Waals surface area contributed by atoms with Crippen LogP contribution in [0.1, 0.15) is 26.3 Å². The summed E-state index contributed by atoms with van der Waals surface area (Å²) in [4.78, 5) is 11.1. The van der Waals surface area contributed by atoms with Gasteiger partial charge in [-0.15, -0.1) is 11.3 Å². The smallest absolute Gasteiger partial charge is 0.131 e. The lowest BCUT2D eigenvalue weighted by Crippen LogP contribution is -2.41. The van der Waals surface area contributed by atoms with Crippen molar-refractivity contribution >= 4 is 43.8 Å². The van der Waals surface area contributed by atoms with Gasteiger partial charge in [-0.05, 0) is 74.4 Å². The molecule has 3 N–H and O–H groups in total. The first-order valence-corrected chi connectivity index (χ1v) is 14.0. The Hall–Kier alpha value is -3.43. The monoisotopic (exact) mass is 543 g/mol. The quantitative estimate of drug-likeness (QED) is 0.185. The van der Waals surface area contributed by atoms with Crippen molar-refractivity contribution in [1.82, 2.24) is 20.2 Å². The fourth-order valence-electron chi connectivity index (χ4n) is 4.66. The Morgan fingerprint density at radius 2 is 1.82 bits per heavy atom. The fraction of sp³-hybridized carbons (Fsp3) is 0.290. The summed E-state index contributed by atoms with van der Waals surface area (Å²) < 4.78 is 16.6. The van der Waals surface area contributed by atoms with Gasteiger partial charge in [0.1, 0.15) is 5.82 Å². The second-order valence-corrected chi connectivity index (χ2v) is 11.6. The van der Waals surface area contributed by atoms with Gasteiger partial charge in [0.2, 0.25) is 0 Å². The van der Waals surface area contributed by atoms with Crippen molar-refractivity contribution in [2.24, 2.45) is 0 Å². The number of rotatable bonds is 10. The normalized spacial score (nSPS) is 12.1. The molecule has 6 nitrogen and oxygen atoms in total. The molecule has 0 saturated carbocycles. The van der Waals surface area contributed by atoms with E-state index in [2.05, 4.69) is 52.3 Å². The first-order chi connectivity index (χ1) is 18.8. The van der Waals surface area contributed by atoms with E-state index in [1.807, 2.05) is 54.0 Å². The van der Waals surface area contributed by atoms with Crippen molar-refractivity contribution < 1.29 is 9.50 Å². The highest BCUT2D eigenvalue weighted by molar-refractivity contribution is 7.16. The molecule has 0 bridgehead atoms. The maximum Gasteiger partial charge on any atom is 0.131 e. The number of hydrogen-bond donors (Lipinski definition) is 3. The van der Waals surface area contributed by atoms with Gasteiger partial charge in [-0.1, -0.05) is 18.2 Å². The van der Waals surface area contributed by atoms with Crippen molar-refractivity contribution in [1.29, 1.82) is 0 Å². The van der Waals surface area contributed by atoms with Gasteiger partial charge in [-0.3, -0.25) is 9.88 Å². The second-order valence-electron chi connectivity index (χ2n) is 10.7. The molecule has 2 aromatic heterocycles. The second kappa shape index (κ2) is 11.8. The summed E-state index contributed by atoms with van der Waals surface area (Å²) >= 11 is 1.62.